The first kappa shape index (κ1) is 17.4. The van der Waals surface area contributed by atoms with Crippen LogP contribution in [0, 0.1) is 11.8 Å². The number of hydrogen-bond acceptors (Lipinski definition) is 4. The van der Waals surface area contributed by atoms with E-state index in [4.69, 9.17) is 0 Å². The highest BCUT2D eigenvalue weighted by Crippen LogP contribution is 2.27. The summed E-state index contributed by atoms with van der Waals surface area (Å²) in [6, 6.07) is 0. The van der Waals surface area contributed by atoms with Gasteiger partial charge in [0.2, 0.25) is 10.0 Å². The molecule has 0 aromatic heterocycles. The van der Waals surface area contributed by atoms with Crippen molar-refractivity contribution in [2.75, 3.05) is 39.5 Å². The zero-order valence-corrected chi connectivity index (χ0v) is 13.4. The third kappa shape index (κ3) is 4.71. The maximum Gasteiger partial charge on any atom is 0.308 e. The molecule has 1 aliphatic rings. The van der Waals surface area contributed by atoms with E-state index in [1.807, 2.05) is 0 Å². The monoisotopic (exact) mass is 306 g/mol. The molecule has 0 unspecified atom stereocenters. The largest absolute Gasteiger partial charge is 0.481 e. The zero-order valence-electron chi connectivity index (χ0n) is 12.6. The van der Waals surface area contributed by atoms with E-state index < -0.39 is 16.0 Å². The van der Waals surface area contributed by atoms with E-state index in [1.54, 1.807) is 0 Å². The van der Waals surface area contributed by atoms with Gasteiger partial charge in [-0.05, 0) is 25.3 Å². The highest BCUT2D eigenvalue weighted by atomic mass is 32.2. The summed E-state index contributed by atoms with van der Waals surface area (Å²) in [6.45, 7) is 4.02. The predicted octanol–water partition coefficient (Wildman–Crippen LogP) is 0.701. The van der Waals surface area contributed by atoms with Crippen molar-refractivity contribution in [3.05, 3.63) is 0 Å². The Kier molecular flexibility index (Phi) is 6.42. The smallest absolute Gasteiger partial charge is 0.308 e. The van der Waals surface area contributed by atoms with Gasteiger partial charge in [-0.15, -0.1) is 0 Å². The van der Waals surface area contributed by atoms with E-state index in [9.17, 15) is 18.3 Å². The number of carboxylic acids is 1. The fraction of sp³-hybridized carbons (Fsp3) is 0.923. The summed E-state index contributed by atoms with van der Waals surface area (Å²) in [4.78, 5) is 13.3. The van der Waals surface area contributed by atoms with Crippen LogP contribution in [0.5, 0.6) is 0 Å². The van der Waals surface area contributed by atoms with Gasteiger partial charge in [-0.3, -0.25) is 4.79 Å². The molecular formula is C13H26N2O4S. The van der Waals surface area contributed by atoms with Crippen molar-refractivity contribution >= 4 is 16.0 Å². The first-order valence-corrected chi connectivity index (χ1v) is 8.74. The molecule has 0 aliphatic carbocycles. The maximum absolute atomic E-state index is 11.7. The van der Waals surface area contributed by atoms with Crippen molar-refractivity contribution in [3.8, 4) is 0 Å². The van der Waals surface area contributed by atoms with Crippen molar-refractivity contribution in [3.63, 3.8) is 0 Å². The highest BCUT2D eigenvalue weighted by molar-refractivity contribution is 7.89. The van der Waals surface area contributed by atoms with Crippen molar-refractivity contribution in [2.45, 2.75) is 26.2 Å². The van der Waals surface area contributed by atoms with Crippen LogP contribution < -0.4 is 0 Å². The van der Waals surface area contributed by atoms with Gasteiger partial charge >= 0.3 is 5.97 Å². The maximum atomic E-state index is 11.7. The molecule has 118 valence electrons. The standard InChI is InChI=1S/C13H26N2O4S/c1-4-6-11-9-15(10-12(11)13(16)17)7-5-8-20(18,19)14(2)3/h11-12H,4-10H2,1-3H3,(H,16,17)/t11-,12-/m1/s1. The van der Waals surface area contributed by atoms with Crippen LogP contribution in [0.2, 0.25) is 0 Å². The van der Waals surface area contributed by atoms with Crippen molar-refractivity contribution in [1.29, 1.82) is 0 Å². The predicted molar refractivity (Wildman–Crippen MR) is 78.1 cm³/mol. The van der Waals surface area contributed by atoms with E-state index in [2.05, 4.69) is 11.8 Å². The molecule has 2 atom stereocenters. The lowest BCUT2D eigenvalue weighted by molar-refractivity contribution is -0.142. The summed E-state index contributed by atoms with van der Waals surface area (Å²) < 4.78 is 24.5. The number of sulfonamides is 1. The molecule has 0 radical (unpaired) electrons. The molecule has 6 nitrogen and oxygen atoms in total. The number of rotatable bonds is 8. The Bertz CT molecular complexity index is 422. The summed E-state index contributed by atoms with van der Waals surface area (Å²) >= 11 is 0. The molecule has 0 amide bonds. The first-order valence-electron chi connectivity index (χ1n) is 7.13. The molecule has 1 aliphatic heterocycles. The average Bonchev–Trinajstić information content (AvgIpc) is 2.72. The molecule has 1 heterocycles. The van der Waals surface area contributed by atoms with Gasteiger partial charge in [0.05, 0.1) is 11.7 Å². The van der Waals surface area contributed by atoms with E-state index in [1.165, 1.54) is 18.4 Å². The second kappa shape index (κ2) is 7.38. The summed E-state index contributed by atoms with van der Waals surface area (Å²) in [7, 11) is -0.0918. The third-order valence-corrected chi connectivity index (χ3v) is 5.84. The summed E-state index contributed by atoms with van der Waals surface area (Å²) in [5.74, 6) is -0.720. The normalized spacial score (nSPS) is 24.4. The van der Waals surface area contributed by atoms with E-state index in [-0.39, 0.29) is 17.6 Å². The van der Waals surface area contributed by atoms with Gasteiger partial charge in [-0.25, -0.2) is 12.7 Å². The van der Waals surface area contributed by atoms with E-state index >= 15 is 0 Å². The molecule has 1 saturated heterocycles. The quantitative estimate of drug-likeness (QED) is 0.714. The SMILES string of the molecule is CCC[C@@H]1CN(CCCS(=O)(=O)N(C)C)C[C@H]1C(=O)O. The Balaban J connectivity index is 2.45. The molecule has 1 N–H and O–H groups in total. The summed E-state index contributed by atoms with van der Waals surface area (Å²) in [6.07, 6.45) is 2.45. The minimum absolute atomic E-state index is 0.118. The second-order valence-electron chi connectivity index (χ2n) is 5.71. The van der Waals surface area contributed by atoms with Gasteiger partial charge in [0, 0.05) is 27.2 Å². The number of nitrogens with zero attached hydrogens (tertiary/aromatic N) is 2. The van der Waals surface area contributed by atoms with Gasteiger partial charge in [0.15, 0.2) is 0 Å². The Labute approximate surface area is 121 Å². The van der Waals surface area contributed by atoms with Gasteiger partial charge in [0.25, 0.3) is 0 Å². The molecular weight excluding hydrogens is 280 g/mol. The minimum Gasteiger partial charge on any atom is -0.481 e. The summed E-state index contributed by atoms with van der Waals surface area (Å²) in [5, 5.41) is 9.23. The first-order chi connectivity index (χ1) is 9.27. The number of likely N-dealkylation sites (tertiary alicyclic amines) is 1. The molecule has 7 heteroatoms. The van der Waals surface area contributed by atoms with Crippen LogP contribution >= 0.6 is 0 Å². The molecule has 0 aromatic rings. The zero-order chi connectivity index (χ0) is 15.3. The van der Waals surface area contributed by atoms with Gasteiger partial charge in [-0.1, -0.05) is 13.3 Å². The van der Waals surface area contributed by atoms with Crippen LogP contribution in [0.15, 0.2) is 0 Å². The van der Waals surface area contributed by atoms with Gasteiger partial charge in [0.1, 0.15) is 0 Å². The summed E-state index contributed by atoms with van der Waals surface area (Å²) in [5.41, 5.74) is 0. The topological polar surface area (TPSA) is 77.9 Å². The molecule has 0 saturated carbocycles. The molecule has 1 rings (SSSR count). The Morgan fingerprint density at radius 1 is 1.35 bits per heavy atom. The minimum atomic E-state index is -3.15. The number of hydrogen-bond donors (Lipinski definition) is 1. The lowest BCUT2D eigenvalue weighted by atomic mass is 9.92. The van der Waals surface area contributed by atoms with Crippen LogP contribution in [0.25, 0.3) is 0 Å². The van der Waals surface area contributed by atoms with E-state index in [0.29, 0.717) is 19.5 Å². The van der Waals surface area contributed by atoms with Crippen LogP contribution in [-0.4, -0.2) is 68.2 Å². The van der Waals surface area contributed by atoms with Crippen molar-refractivity contribution in [1.82, 2.24) is 9.21 Å². The number of carboxylic acid groups (broad SMARTS) is 1. The van der Waals surface area contributed by atoms with Gasteiger partial charge in [-0.2, -0.15) is 0 Å². The molecule has 20 heavy (non-hydrogen) atoms. The Morgan fingerprint density at radius 3 is 2.50 bits per heavy atom. The van der Waals surface area contributed by atoms with Crippen LogP contribution in [0.1, 0.15) is 26.2 Å². The van der Waals surface area contributed by atoms with Crippen molar-refractivity contribution in [2.24, 2.45) is 11.8 Å². The van der Waals surface area contributed by atoms with Crippen LogP contribution in [0.3, 0.4) is 0 Å². The average molecular weight is 306 g/mol. The van der Waals surface area contributed by atoms with Crippen LogP contribution in [0.4, 0.5) is 0 Å². The fourth-order valence-corrected chi connectivity index (χ4v) is 3.60. The van der Waals surface area contributed by atoms with E-state index in [0.717, 1.165) is 19.4 Å². The number of aliphatic carboxylic acids is 1. The van der Waals surface area contributed by atoms with Gasteiger partial charge < -0.3 is 10.0 Å². The fourth-order valence-electron chi connectivity index (χ4n) is 2.74. The lowest BCUT2D eigenvalue weighted by Gasteiger charge is -2.16. The molecule has 0 aromatic carbocycles. The molecule has 0 spiro atoms. The number of carbonyl (C=O) groups is 1. The van der Waals surface area contributed by atoms with Crippen molar-refractivity contribution < 1.29 is 18.3 Å². The Hall–Kier alpha value is -0.660. The van der Waals surface area contributed by atoms with Crippen LogP contribution in [-0.2, 0) is 14.8 Å². The second-order valence-corrected chi connectivity index (χ2v) is 8.01. The third-order valence-electron chi connectivity index (χ3n) is 3.93. The highest BCUT2D eigenvalue weighted by Gasteiger charge is 2.36. The molecule has 0 bridgehead atoms. The Morgan fingerprint density at radius 2 is 2.00 bits per heavy atom. The molecule has 1 fully saturated rings. The lowest BCUT2D eigenvalue weighted by Crippen LogP contribution is -2.29.